The summed E-state index contributed by atoms with van der Waals surface area (Å²) in [7, 11) is 1.85. The Morgan fingerprint density at radius 1 is 1.31 bits per heavy atom. The SMILES string of the molecule is CC(C)NCCC(=O)N(C)C(C)C. The maximum Gasteiger partial charge on any atom is 0.223 e. The molecule has 0 aliphatic rings. The first kappa shape index (κ1) is 12.4. The zero-order valence-corrected chi connectivity index (χ0v) is 9.42. The second-order valence-electron chi connectivity index (χ2n) is 3.96. The lowest BCUT2D eigenvalue weighted by atomic mass is 10.3. The molecule has 0 unspecified atom stereocenters. The van der Waals surface area contributed by atoms with Gasteiger partial charge in [-0.2, -0.15) is 0 Å². The van der Waals surface area contributed by atoms with Crippen molar-refractivity contribution < 1.29 is 4.79 Å². The smallest absolute Gasteiger partial charge is 0.223 e. The minimum absolute atomic E-state index is 0.211. The highest BCUT2D eigenvalue weighted by atomic mass is 16.2. The average molecular weight is 186 g/mol. The highest BCUT2D eigenvalue weighted by Gasteiger charge is 2.10. The highest BCUT2D eigenvalue weighted by Crippen LogP contribution is 1.96. The lowest BCUT2D eigenvalue weighted by Gasteiger charge is -2.21. The van der Waals surface area contributed by atoms with Crippen LogP contribution in [0.3, 0.4) is 0 Å². The van der Waals surface area contributed by atoms with Gasteiger partial charge in [0.05, 0.1) is 0 Å². The predicted octanol–water partition coefficient (Wildman–Crippen LogP) is 1.24. The van der Waals surface area contributed by atoms with Gasteiger partial charge in [-0.15, -0.1) is 0 Å². The number of hydrogen-bond donors (Lipinski definition) is 1. The maximum absolute atomic E-state index is 11.5. The fraction of sp³-hybridized carbons (Fsp3) is 0.900. The highest BCUT2D eigenvalue weighted by molar-refractivity contribution is 5.76. The quantitative estimate of drug-likeness (QED) is 0.700. The van der Waals surface area contributed by atoms with E-state index >= 15 is 0 Å². The summed E-state index contributed by atoms with van der Waals surface area (Å²) in [6.07, 6.45) is 0.590. The van der Waals surface area contributed by atoms with Crippen LogP contribution >= 0.6 is 0 Å². The van der Waals surface area contributed by atoms with Crippen LogP contribution in [0.1, 0.15) is 34.1 Å². The Kier molecular flexibility index (Phi) is 5.71. The minimum Gasteiger partial charge on any atom is -0.343 e. The number of carbonyl (C=O) groups is 1. The van der Waals surface area contributed by atoms with Gasteiger partial charge in [-0.3, -0.25) is 4.79 Å². The summed E-state index contributed by atoms with van der Waals surface area (Å²) >= 11 is 0. The Labute approximate surface area is 81.5 Å². The summed E-state index contributed by atoms with van der Waals surface area (Å²) in [5.41, 5.74) is 0. The zero-order chi connectivity index (χ0) is 10.4. The number of nitrogens with zero attached hydrogens (tertiary/aromatic N) is 1. The van der Waals surface area contributed by atoms with Gasteiger partial charge in [-0.05, 0) is 13.8 Å². The molecule has 0 aromatic heterocycles. The number of nitrogens with one attached hydrogen (secondary N) is 1. The number of rotatable bonds is 5. The molecule has 0 bridgehead atoms. The van der Waals surface area contributed by atoms with Gasteiger partial charge in [-0.1, -0.05) is 13.8 Å². The Hall–Kier alpha value is -0.570. The molecule has 78 valence electrons. The summed E-state index contributed by atoms with van der Waals surface area (Å²) in [5, 5.41) is 3.22. The molecule has 0 aromatic rings. The van der Waals surface area contributed by atoms with Crippen LogP contribution in [0, 0.1) is 0 Å². The Bertz CT molecular complexity index is 155. The Morgan fingerprint density at radius 2 is 1.85 bits per heavy atom. The van der Waals surface area contributed by atoms with E-state index in [1.807, 2.05) is 20.9 Å². The third kappa shape index (κ3) is 5.64. The van der Waals surface area contributed by atoms with Gasteiger partial charge < -0.3 is 10.2 Å². The van der Waals surface area contributed by atoms with Gasteiger partial charge in [0.25, 0.3) is 0 Å². The number of carbonyl (C=O) groups excluding carboxylic acids is 1. The van der Waals surface area contributed by atoms with Crippen LogP contribution in [-0.2, 0) is 4.79 Å². The van der Waals surface area contributed by atoms with E-state index in [0.29, 0.717) is 18.5 Å². The summed E-state index contributed by atoms with van der Waals surface area (Å²) < 4.78 is 0. The van der Waals surface area contributed by atoms with E-state index in [1.54, 1.807) is 4.90 Å². The number of amides is 1. The second kappa shape index (κ2) is 5.97. The van der Waals surface area contributed by atoms with E-state index < -0.39 is 0 Å². The molecule has 1 N–H and O–H groups in total. The van der Waals surface area contributed by atoms with Crippen molar-refractivity contribution >= 4 is 5.91 Å². The van der Waals surface area contributed by atoms with Gasteiger partial charge in [0.2, 0.25) is 5.91 Å². The number of hydrogen-bond acceptors (Lipinski definition) is 2. The second-order valence-corrected chi connectivity index (χ2v) is 3.96. The monoisotopic (exact) mass is 186 g/mol. The Morgan fingerprint density at radius 3 is 2.23 bits per heavy atom. The fourth-order valence-corrected chi connectivity index (χ4v) is 0.932. The van der Waals surface area contributed by atoms with E-state index in [1.165, 1.54) is 0 Å². The molecule has 0 heterocycles. The molecular weight excluding hydrogens is 164 g/mol. The lowest BCUT2D eigenvalue weighted by molar-refractivity contribution is -0.131. The minimum atomic E-state index is 0.211. The normalized spacial score (nSPS) is 11.0. The van der Waals surface area contributed by atoms with Crippen molar-refractivity contribution in [3.8, 4) is 0 Å². The van der Waals surface area contributed by atoms with E-state index in [-0.39, 0.29) is 5.91 Å². The summed E-state index contributed by atoms with van der Waals surface area (Å²) in [6, 6.07) is 0.753. The molecule has 0 spiro atoms. The van der Waals surface area contributed by atoms with Crippen LogP contribution < -0.4 is 5.32 Å². The van der Waals surface area contributed by atoms with E-state index in [4.69, 9.17) is 0 Å². The van der Waals surface area contributed by atoms with Crippen LogP contribution in [0.4, 0.5) is 0 Å². The first-order valence-electron chi connectivity index (χ1n) is 4.94. The van der Waals surface area contributed by atoms with Crippen molar-refractivity contribution in [1.82, 2.24) is 10.2 Å². The first-order valence-corrected chi connectivity index (χ1v) is 4.94. The van der Waals surface area contributed by atoms with Crippen molar-refractivity contribution in [2.24, 2.45) is 0 Å². The molecule has 0 fully saturated rings. The van der Waals surface area contributed by atoms with Gasteiger partial charge in [0, 0.05) is 32.1 Å². The first-order chi connectivity index (χ1) is 5.95. The molecule has 3 heteroatoms. The van der Waals surface area contributed by atoms with Crippen LogP contribution in [0.5, 0.6) is 0 Å². The average Bonchev–Trinajstić information content (AvgIpc) is 2.02. The predicted molar refractivity (Wildman–Crippen MR) is 55.7 cm³/mol. The molecule has 1 amide bonds. The molecule has 0 radical (unpaired) electrons. The standard InChI is InChI=1S/C10H22N2O/c1-8(2)11-7-6-10(13)12(5)9(3)4/h8-9,11H,6-7H2,1-5H3. The third-order valence-corrected chi connectivity index (χ3v) is 2.06. The molecule has 0 atom stereocenters. The third-order valence-electron chi connectivity index (χ3n) is 2.06. The van der Waals surface area contributed by atoms with Crippen molar-refractivity contribution in [2.45, 2.75) is 46.2 Å². The lowest BCUT2D eigenvalue weighted by Crippen LogP contribution is -2.35. The summed E-state index contributed by atoms with van der Waals surface area (Å²) in [5.74, 6) is 0.211. The van der Waals surface area contributed by atoms with Gasteiger partial charge in [0.15, 0.2) is 0 Å². The van der Waals surface area contributed by atoms with E-state index in [0.717, 1.165) is 6.54 Å². The fourth-order valence-electron chi connectivity index (χ4n) is 0.932. The van der Waals surface area contributed by atoms with E-state index in [2.05, 4.69) is 19.2 Å². The van der Waals surface area contributed by atoms with Crippen LogP contribution in [-0.4, -0.2) is 36.5 Å². The van der Waals surface area contributed by atoms with Gasteiger partial charge >= 0.3 is 0 Å². The zero-order valence-electron chi connectivity index (χ0n) is 9.42. The topological polar surface area (TPSA) is 32.3 Å². The molecule has 0 aromatic carbocycles. The summed E-state index contributed by atoms with van der Waals surface area (Å²) in [4.78, 5) is 13.2. The maximum atomic E-state index is 11.5. The van der Waals surface area contributed by atoms with Crippen molar-refractivity contribution in [1.29, 1.82) is 0 Å². The van der Waals surface area contributed by atoms with Crippen LogP contribution in [0.2, 0.25) is 0 Å². The van der Waals surface area contributed by atoms with E-state index in [9.17, 15) is 4.79 Å². The molecule has 0 aliphatic carbocycles. The summed E-state index contributed by atoms with van der Waals surface area (Å²) in [6.45, 7) is 8.97. The molecular formula is C10H22N2O. The molecule has 0 rings (SSSR count). The van der Waals surface area contributed by atoms with Gasteiger partial charge in [-0.25, -0.2) is 0 Å². The van der Waals surface area contributed by atoms with Crippen LogP contribution in [0.25, 0.3) is 0 Å². The molecule has 0 saturated heterocycles. The largest absolute Gasteiger partial charge is 0.343 e. The van der Waals surface area contributed by atoms with Gasteiger partial charge in [0.1, 0.15) is 0 Å². The van der Waals surface area contributed by atoms with Crippen LogP contribution in [0.15, 0.2) is 0 Å². The molecule has 13 heavy (non-hydrogen) atoms. The molecule has 3 nitrogen and oxygen atoms in total. The molecule has 0 aliphatic heterocycles. The van der Waals surface area contributed by atoms with Crippen molar-refractivity contribution in [2.75, 3.05) is 13.6 Å². The Balaban J connectivity index is 3.62. The molecule has 0 saturated carbocycles. The van der Waals surface area contributed by atoms with Crippen molar-refractivity contribution in [3.05, 3.63) is 0 Å². The van der Waals surface area contributed by atoms with Crippen molar-refractivity contribution in [3.63, 3.8) is 0 Å².